The first-order valence-corrected chi connectivity index (χ1v) is 4.67. The van der Waals surface area contributed by atoms with Crippen LogP contribution in [0.5, 0.6) is 0 Å². The highest BCUT2D eigenvalue weighted by Gasteiger charge is 2.44. The number of nitrogens with zero attached hydrogens (tertiary/aromatic N) is 2. The van der Waals surface area contributed by atoms with Gasteiger partial charge in [-0.3, -0.25) is 0 Å². The van der Waals surface area contributed by atoms with E-state index in [9.17, 15) is 0 Å². The molecule has 3 saturated heterocycles. The molecule has 3 aliphatic rings. The summed E-state index contributed by atoms with van der Waals surface area (Å²) in [6.07, 6.45) is 1.43. The van der Waals surface area contributed by atoms with E-state index in [-0.39, 0.29) is 0 Å². The highest BCUT2D eigenvalue weighted by Crippen LogP contribution is 2.33. The van der Waals surface area contributed by atoms with Crippen molar-refractivity contribution in [2.45, 2.75) is 12.5 Å². The highest BCUT2D eigenvalue weighted by molar-refractivity contribution is 4.95. The molecule has 0 saturated carbocycles. The summed E-state index contributed by atoms with van der Waals surface area (Å²) < 4.78 is 0. The number of rotatable bonds is 0. The Morgan fingerprint density at radius 3 is 3.18 bits per heavy atom. The first kappa shape index (κ1) is 6.40. The molecule has 0 aliphatic carbocycles. The Bertz CT molecular complexity index is 153. The summed E-state index contributed by atoms with van der Waals surface area (Å²) in [7, 11) is 0. The van der Waals surface area contributed by atoms with Gasteiger partial charge in [0.15, 0.2) is 0 Å². The van der Waals surface area contributed by atoms with E-state index in [4.69, 9.17) is 0 Å². The van der Waals surface area contributed by atoms with E-state index in [2.05, 4.69) is 15.3 Å². The maximum atomic E-state index is 3.47. The molecule has 3 fully saturated rings. The molecule has 3 heteroatoms. The van der Waals surface area contributed by atoms with Crippen LogP contribution in [0.4, 0.5) is 0 Å². The van der Waals surface area contributed by atoms with Crippen molar-refractivity contribution in [3.8, 4) is 0 Å². The Hall–Kier alpha value is -0.120. The second-order valence-corrected chi connectivity index (χ2v) is 3.90. The maximum absolute atomic E-state index is 3.47. The fourth-order valence-corrected chi connectivity index (χ4v) is 2.79. The van der Waals surface area contributed by atoms with E-state index in [0.717, 1.165) is 12.0 Å². The summed E-state index contributed by atoms with van der Waals surface area (Å²) in [6.45, 7) is 6.30. The first-order valence-electron chi connectivity index (χ1n) is 4.67. The zero-order valence-electron chi connectivity index (χ0n) is 6.79. The Labute approximate surface area is 67.3 Å². The van der Waals surface area contributed by atoms with Gasteiger partial charge in [0.1, 0.15) is 0 Å². The van der Waals surface area contributed by atoms with Gasteiger partial charge in [-0.25, -0.2) is 10.0 Å². The number of fused-ring (bicyclic) bond motifs is 5. The van der Waals surface area contributed by atoms with Crippen LogP contribution in [0.25, 0.3) is 0 Å². The summed E-state index contributed by atoms with van der Waals surface area (Å²) >= 11 is 0. The molecule has 3 nitrogen and oxygen atoms in total. The van der Waals surface area contributed by atoms with E-state index >= 15 is 0 Å². The lowest BCUT2D eigenvalue weighted by Crippen LogP contribution is -2.56. The van der Waals surface area contributed by atoms with Gasteiger partial charge in [-0.1, -0.05) is 0 Å². The molecular weight excluding hydrogens is 138 g/mol. The summed E-state index contributed by atoms with van der Waals surface area (Å²) in [5, 5.41) is 8.61. The lowest BCUT2D eigenvalue weighted by molar-refractivity contribution is -0.0300. The van der Waals surface area contributed by atoms with Crippen LogP contribution >= 0.6 is 0 Å². The van der Waals surface area contributed by atoms with Gasteiger partial charge in [-0.05, 0) is 12.3 Å². The van der Waals surface area contributed by atoms with Crippen LogP contribution in [0.2, 0.25) is 0 Å². The molecule has 1 N–H and O–H groups in total. The van der Waals surface area contributed by atoms with Gasteiger partial charge in [0.25, 0.3) is 0 Å². The molecule has 2 bridgehead atoms. The van der Waals surface area contributed by atoms with Crippen LogP contribution < -0.4 is 5.32 Å². The molecule has 3 unspecified atom stereocenters. The van der Waals surface area contributed by atoms with Crippen molar-refractivity contribution in [2.75, 3.05) is 32.7 Å². The molecule has 3 atom stereocenters. The first-order chi connectivity index (χ1) is 5.45. The topological polar surface area (TPSA) is 18.5 Å². The number of hydrogen-bond acceptors (Lipinski definition) is 3. The van der Waals surface area contributed by atoms with Crippen LogP contribution in [0.3, 0.4) is 0 Å². The molecule has 62 valence electrons. The molecule has 11 heavy (non-hydrogen) atoms. The fraction of sp³-hybridized carbons (Fsp3) is 1.00. The van der Waals surface area contributed by atoms with E-state index in [1.165, 1.54) is 39.1 Å². The van der Waals surface area contributed by atoms with Gasteiger partial charge in [-0.2, -0.15) is 0 Å². The van der Waals surface area contributed by atoms with Gasteiger partial charge < -0.3 is 5.32 Å². The average Bonchev–Trinajstić information content (AvgIpc) is 2.64. The number of piperazine rings is 1. The van der Waals surface area contributed by atoms with E-state index in [1.54, 1.807) is 0 Å². The second-order valence-electron chi connectivity index (χ2n) is 3.90. The van der Waals surface area contributed by atoms with Crippen molar-refractivity contribution in [1.82, 2.24) is 15.3 Å². The van der Waals surface area contributed by atoms with Crippen LogP contribution in [0.1, 0.15) is 6.42 Å². The van der Waals surface area contributed by atoms with Gasteiger partial charge in [0.2, 0.25) is 0 Å². The normalized spacial score (nSPS) is 49.6. The minimum Gasteiger partial charge on any atom is -0.314 e. The minimum absolute atomic E-state index is 0.845. The van der Waals surface area contributed by atoms with E-state index in [0.29, 0.717) is 0 Å². The lowest BCUT2D eigenvalue weighted by Gasteiger charge is -2.39. The lowest BCUT2D eigenvalue weighted by atomic mass is 9.98. The van der Waals surface area contributed by atoms with Crippen molar-refractivity contribution >= 4 is 0 Å². The number of hydrogen-bond donors (Lipinski definition) is 1. The van der Waals surface area contributed by atoms with Crippen molar-refractivity contribution in [3.05, 3.63) is 0 Å². The summed E-state index contributed by atoms with van der Waals surface area (Å²) in [4.78, 5) is 0. The van der Waals surface area contributed by atoms with E-state index in [1.807, 2.05) is 0 Å². The molecule has 0 amide bonds. The fourth-order valence-electron chi connectivity index (χ4n) is 2.79. The third-order valence-electron chi connectivity index (χ3n) is 3.36. The molecule has 3 aliphatic heterocycles. The quantitative estimate of drug-likeness (QED) is 0.506. The molecule has 0 aromatic rings. The van der Waals surface area contributed by atoms with Crippen LogP contribution in [0.15, 0.2) is 0 Å². The molecule has 3 heterocycles. The van der Waals surface area contributed by atoms with Crippen molar-refractivity contribution in [2.24, 2.45) is 5.92 Å². The van der Waals surface area contributed by atoms with Crippen LogP contribution in [-0.2, 0) is 0 Å². The minimum atomic E-state index is 0.845. The molecular formula is C8H15N3. The van der Waals surface area contributed by atoms with Crippen LogP contribution in [-0.4, -0.2) is 48.8 Å². The SMILES string of the molecule is C1CN2C(CN1)C1CCN2C1. The Balaban J connectivity index is 1.84. The van der Waals surface area contributed by atoms with E-state index < -0.39 is 0 Å². The summed E-state index contributed by atoms with van der Waals surface area (Å²) in [5.74, 6) is 0.975. The zero-order valence-corrected chi connectivity index (χ0v) is 6.79. The van der Waals surface area contributed by atoms with Gasteiger partial charge >= 0.3 is 0 Å². The third kappa shape index (κ3) is 0.789. The second kappa shape index (κ2) is 2.19. The Kier molecular flexibility index (Phi) is 1.27. The monoisotopic (exact) mass is 153 g/mol. The predicted molar refractivity (Wildman–Crippen MR) is 43.0 cm³/mol. The average molecular weight is 153 g/mol. The summed E-state index contributed by atoms with van der Waals surface area (Å²) in [5.41, 5.74) is 0. The van der Waals surface area contributed by atoms with Gasteiger partial charge in [-0.15, -0.1) is 0 Å². The Morgan fingerprint density at radius 2 is 2.27 bits per heavy atom. The largest absolute Gasteiger partial charge is 0.314 e. The van der Waals surface area contributed by atoms with Crippen molar-refractivity contribution in [3.63, 3.8) is 0 Å². The van der Waals surface area contributed by atoms with Gasteiger partial charge in [0.05, 0.1) is 0 Å². The maximum Gasteiger partial charge on any atom is 0.0412 e. The van der Waals surface area contributed by atoms with Crippen molar-refractivity contribution in [1.29, 1.82) is 0 Å². The Morgan fingerprint density at radius 1 is 1.27 bits per heavy atom. The highest BCUT2D eigenvalue weighted by atomic mass is 15.7. The smallest absolute Gasteiger partial charge is 0.0412 e. The summed E-state index contributed by atoms with van der Waals surface area (Å²) in [6, 6.07) is 0.845. The van der Waals surface area contributed by atoms with Crippen molar-refractivity contribution < 1.29 is 0 Å². The third-order valence-corrected chi connectivity index (χ3v) is 3.36. The molecule has 3 rings (SSSR count). The molecule has 0 radical (unpaired) electrons. The molecule has 0 aromatic carbocycles. The predicted octanol–water partition coefficient (Wildman–Crippen LogP) is -0.489. The standard InChI is InChI=1S/C8H15N3/c1-3-10-6-7(1)8-5-9-2-4-11(8)10/h7-9H,1-6H2. The van der Waals surface area contributed by atoms with Crippen LogP contribution in [0, 0.1) is 5.92 Å². The molecule has 0 spiro atoms. The van der Waals surface area contributed by atoms with Gasteiger partial charge in [0, 0.05) is 38.8 Å². The zero-order chi connectivity index (χ0) is 7.26. The number of hydrazine groups is 1. The number of nitrogens with one attached hydrogen (secondary N) is 1. The molecule has 0 aromatic heterocycles.